The van der Waals surface area contributed by atoms with E-state index in [2.05, 4.69) is 31.2 Å². The molecule has 0 aliphatic rings. The van der Waals surface area contributed by atoms with Crippen molar-refractivity contribution < 1.29 is 9.50 Å². The van der Waals surface area contributed by atoms with Crippen molar-refractivity contribution in [1.82, 2.24) is 0 Å². The minimum absolute atomic E-state index is 0.125. The van der Waals surface area contributed by atoms with E-state index in [1.165, 1.54) is 24.8 Å². The van der Waals surface area contributed by atoms with Crippen molar-refractivity contribution in [2.24, 2.45) is 0 Å². The van der Waals surface area contributed by atoms with Crippen LogP contribution in [0, 0.1) is 5.82 Å². The molecule has 0 aliphatic carbocycles. The molecule has 3 aromatic rings. The van der Waals surface area contributed by atoms with Crippen LogP contribution in [-0.4, -0.2) is 11.7 Å². The first-order chi connectivity index (χ1) is 13.2. The molecule has 0 fully saturated rings. The highest BCUT2D eigenvalue weighted by atomic mass is 19.1. The van der Waals surface area contributed by atoms with Gasteiger partial charge in [-0.25, -0.2) is 4.39 Å². The zero-order chi connectivity index (χ0) is 19.1. The molecule has 0 spiro atoms. The van der Waals surface area contributed by atoms with Crippen molar-refractivity contribution >= 4 is 0 Å². The minimum Gasteiger partial charge on any atom is -0.396 e. The number of aryl methyl sites for hydroxylation is 1. The number of hydrogen-bond acceptors (Lipinski definition) is 1. The molecule has 0 amide bonds. The topological polar surface area (TPSA) is 20.2 Å². The SMILES string of the molecule is CCCCCc1ccc(-c2ccc(-c3ccc(CCO)cc3)c(F)c2)cc1. The molecule has 0 saturated heterocycles. The predicted molar refractivity (Wildman–Crippen MR) is 111 cm³/mol. The number of benzene rings is 3. The second-order valence-electron chi connectivity index (χ2n) is 7.02. The van der Waals surface area contributed by atoms with Gasteiger partial charge >= 0.3 is 0 Å². The Balaban J connectivity index is 1.76. The molecule has 2 heteroatoms. The first-order valence-corrected chi connectivity index (χ1v) is 9.80. The number of halogens is 1. The highest BCUT2D eigenvalue weighted by Gasteiger charge is 2.08. The summed E-state index contributed by atoms with van der Waals surface area (Å²) in [5.74, 6) is -0.213. The summed E-state index contributed by atoms with van der Waals surface area (Å²) in [6.45, 7) is 2.34. The normalized spacial score (nSPS) is 10.9. The first-order valence-electron chi connectivity index (χ1n) is 9.80. The second-order valence-corrected chi connectivity index (χ2v) is 7.02. The van der Waals surface area contributed by atoms with E-state index in [1.54, 1.807) is 6.07 Å². The lowest BCUT2D eigenvalue weighted by Crippen LogP contribution is -1.91. The fraction of sp³-hybridized carbons (Fsp3) is 0.280. The number of aliphatic hydroxyl groups excluding tert-OH is 1. The van der Waals surface area contributed by atoms with Crippen molar-refractivity contribution in [3.63, 3.8) is 0 Å². The number of aliphatic hydroxyl groups is 1. The maximum atomic E-state index is 14.7. The molecule has 1 N–H and O–H groups in total. The van der Waals surface area contributed by atoms with Crippen molar-refractivity contribution in [1.29, 1.82) is 0 Å². The molecule has 0 unspecified atom stereocenters. The van der Waals surface area contributed by atoms with Gasteiger partial charge in [0, 0.05) is 12.2 Å². The third-order valence-corrected chi connectivity index (χ3v) is 4.99. The molecule has 0 heterocycles. The van der Waals surface area contributed by atoms with E-state index in [0.717, 1.165) is 28.7 Å². The fourth-order valence-corrected chi connectivity index (χ4v) is 3.35. The molecule has 0 bridgehead atoms. The van der Waals surface area contributed by atoms with Crippen molar-refractivity contribution in [3.8, 4) is 22.3 Å². The summed E-state index contributed by atoms with van der Waals surface area (Å²) in [7, 11) is 0. The maximum absolute atomic E-state index is 14.7. The molecular formula is C25H27FO. The molecule has 0 atom stereocenters. The Labute approximate surface area is 161 Å². The van der Waals surface area contributed by atoms with E-state index in [1.807, 2.05) is 36.4 Å². The predicted octanol–water partition coefficient (Wildman–Crippen LogP) is 6.43. The number of unbranched alkanes of at least 4 members (excludes halogenated alkanes) is 2. The largest absolute Gasteiger partial charge is 0.396 e. The number of rotatable bonds is 8. The van der Waals surface area contributed by atoms with E-state index in [4.69, 9.17) is 5.11 Å². The van der Waals surface area contributed by atoms with Gasteiger partial charge in [0.25, 0.3) is 0 Å². The highest BCUT2D eigenvalue weighted by molar-refractivity contribution is 5.71. The van der Waals surface area contributed by atoms with E-state index >= 15 is 0 Å². The van der Waals surface area contributed by atoms with E-state index in [9.17, 15) is 4.39 Å². The van der Waals surface area contributed by atoms with Gasteiger partial charge in [-0.3, -0.25) is 0 Å². The Kier molecular flexibility index (Phi) is 6.78. The molecule has 0 saturated carbocycles. The van der Waals surface area contributed by atoms with Crippen LogP contribution in [0.4, 0.5) is 4.39 Å². The Bertz CT molecular complexity index is 850. The zero-order valence-corrected chi connectivity index (χ0v) is 15.9. The van der Waals surface area contributed by atoms with Crippen LogP contribution in [-0.2, 0) is 12.8 Å². The van der Waals surface area contributed by atoms with Gasteiger partial charge in [0.1, 0.15) is 5.82 Å². The van der Waals surface area contributed by atoms with E-state index in [0.29, 0.717) is 12.0 Å². The quantitative estimate of drug-likeness (QED) is 0.458. The van der Waals surface area contributed by atoms with Gasteiger partial charge in [0.15, 0.2) is 0 Å². The third-order valence-electron chi connectivity index (χ3n) is 4.99. The Morgan fingerprint density at radius 2 is 1.30 bits per heavy atom. The summed E-state index contributed by atoms with van der Waals surface area (Å²) in [4.78, 5) is 0. The summed E-state index contributed by atoms with van der Waals surface area (Å²) in [6.07, 6.45) is 5.43. The van der Waals surface area contributed by atoms with Crippen LogP contribution in [0.3, 0.4) is 0 Å². The molecule has 1 nitrogen and oxygen atoms in total. The fourth-order valence-electron chi connectivity index (χ4n) is 3.35. The lowest BCUT2D eigenvalue weighted by Gasteiger charge is -2.09. The average molecular weight is 362 g/mol. The lowest BCUT2D eigenvalue weighted by molar-refractivity contribution is 0.299. The Morgan fingerprint density at radius 3 is 1.89 bits per heavy atom. The summed E-state index contributed by atoms with van der Waals surface area (Å²) in [5.41, 5.74) is 5.79. The van der Waals surface area contributed by atoms with Crippen LogP contribution in [0.25, 0.3) is 22.3 Å². The maximum Gasteiger partial charge on any atom is 0.131 e. The second kappa shape index (κ2) is 9.48. The zero-order valence-electron chi connectivity index (χ0n) is 15.9. The van der Waals surface area contributed by atoms with Crippen molar-refractivity contribution in [2.75, 3.05) is 6.61 Å². The van der Waals surface area contributed by atoms with Crippen molar-refractivity contribution in [3.05, 3.63) is 83.7 Å². The first kappa shape index (κ1) is 19.3. The molecule has 0 radical (unpaired) electrons. The van der Waals surface area contributed by atoms with Crippen LogP contribution in [0.15, 0.2) is 66.7 Å². The van der Waals surface area contributed by atoms with Gasteiger partial charge in [-0.2, -0.15) is 0 Å². The summed E-state index contributed by atoms with van der Waals surface area (Å²) < 4.78 is 14.7. The molecule has 3 rings (SSSR count). The van der Waals surface area contributed by atoms with Gasteiger partial charge in [-0.1, -0.05) is 80.4 Å². The van der Waals surface area contributed by atoms with Gasteiger partial charge < -0.3 is 5.11 Å². The molecule has 27 heavy (non-hydrogen) atoms. The van der Waals surface area contributed by atoms with Crippen LogP contribution in [0.2, 0.25) is 0 Å². The standard InChI is InChI=1S/C25H27FO/c1-2-3-4-5-19-6-10-21(11-7-19)23-14-15-24(25(26)18-23)22-12-8-20(9-13-22)16-17-27/h6-15,18,27H,2-5,16-17H2,1H3. The molecule has 0 aliphatic heterocycles. The third kappa shape index (κ3) is 5.05. The van der Waals surface area contributed by atoms with Crippen LogP contribution in [0.5, 0.6) is 0 Å². The smallest absolute Gasteiger partial charge is 0.131 e. The van der Waals surface area contributed by atoms with Crippen LogP contribution >= 0.6 is 0 Å². The Hall–Kier alpha value is -2.45. The number of hydrogen-bond donors (Lipinski definition) is 1. The summed E-state index contributed by atoms with van der Waals surface area (Å²) in [6, 6.07) is 21.6. The van der Waals surface area contributed by atoms with Crippen LogP contribution in [0.1, 0.15) is 37.3 Å². The van der Waals surface area contributed by atoms with Gasteiger partial charge in [-0.05, 0) is 53.1 Å². The Morgan fingerprint density at radius 1 is 0.704 bits per heavy atom. The molecule has 140 valence electrons. The van der Waals surface area contributed by atoms with Crippen molar-refractivity contribution in [2.45, 2.75) is 39.0 Å². The summed E-state index contributed by atoms with van der Waals surface area (Å²) in [5, 5.41) is 9.00. The molecule has 3 aromatic carbocycles. The van der Waals surface area contributed by atoms with Gasteiger partial charge in [0.2, 0.25) is 0 Å². The molecular weight excluding hydrogens is 335 g/mol. The van der Waals surface area contributed by atoms with E-state index in [-0.39, 0.29) is 12.4 Å². The van der Waals surface area contributed by atoms with Gasteiger partial charge in [0.05, 0.1) is 0 Å². The van der Waals surface area contributed by atoms with Gasteiger partial charge in [-0.15, -0.1) is 0 Å². The molecule has 0 aromatic heterocycles. The highest BCUT2D eigenvalue weighted by Crippen LogP contribution is 2.28. The minimum atomic E-state index is -0.213. The van der Waals surface area contributed by atoms with Crippen LogP contribution < -0.4 is 0 Å². The lowest BCUT2D eigenvalue weighted by atomic mass is 9.97. The summed E-state index contributed by atoms with van der Waals surface area (Å²) >= 11 is 0. The average Bonchev–Trinajstić information content (AvgIpc) is 2.70. The monoisotopic (exact) mass is 362 g/mol. The van der Waals surface area contributed by atoms with E-state index < -0.39 is 0 Å².